The molecule has 1 aliphatic heterocycles. The molecule has 1 unspecified atom stereocenters. The van der Waals surface area contributed by atoms with Crippen molar-refractivity contribution in [3.8, 4) is 5.75 Å². The van der Waals surface area contributed by atoms with Crippen LogP contribution in [0.2, 0.25) is 0 Å². The van der Waals surface area contributed by atoms with Gasteiger partial charge in [-0.15, -0.1) is 0 Å². The Morgan fingerprint density at radius 2 is 1.86 bits per heavy atom. The third-order valence-electron chi connectivity index (χ3n) is 8.75. The van der Waals surface area contributed by atoms with E-state index in [2.05, 4.69) is 4.98 Å². The fourth-order valence-corrected chi connectivity index (χ4v) is 6.26. The highest BCUT2D eigenvalue weighted by Crippen LogP contribution is 2.40. The van der Waals surface area contributed by atoms with Gasteiger partial charge in [-0.05, 0) is 55.7 Å². The highest BCUT2D eigenvalue weighted by molar-refractivity contribution is 5.79. The number of halogens is 3. The minimum atomic E-state index is -2.68. The standard InChI is InChI=1S/C33H35F3N4O3/c1-21-6-8-23(37-18-21)20-43-25-10-11-29-30(17-25)40(31(38-29)26-4-2-3-5-27(26)32(41)42)19-22-7-9-24(16-28(22)34)39-14-12-33(35,36)13-15-39/h6-11,16-18,26-27H,2-5,12-15,19-20H2,1H3,(H,41,42)/t26-,27?/m0/s1. The lowest BCUT2D eigenvalue weighted by molar-refractivity contribution is -0.143. The van der Waals surface area contributed by atoms with E-state index in [0.717, 1.165) is 29.6 Å². The number of rotatable bonds is 8. The van der Waals surface area contributed by atoms with Crippen LogP contribution in [-0.4, -0.2) is 44.6 Å². The normalized spacial score (nSPS) is 20.3. The number of benzene rings is 2. The van der Waals surface area contributed by atoms with Crippen molar-refractivity contribution in [1.29, 1.82) is 0 Å². The molecule has 226 valence electrons. The van der Waals surface area contributed by atoms with Gasteiger partial charge in [0.25, 0.3) is 5.92 Å². The summed E-state index contributed by atoms with van der Waals surface area (Å²) < 4.78 is 50.9. The number of carboxylic acids is 1. The summed E-state index contributed by atoms with van der Waals surface area (Å²) >= 11 is 0. The highest BCUT2D eigenvalue weighted by Gasteiger charge is 2.36. The maximum atomic E-state index is 15.6. The van der Waals surface area contributed by atoms with Gasteiger partial charge < -0.3 is 19.3 Å². The van der Waals surface area contributed by atoms with Gasteiger partial charge in [-0.2, -0.15) is 0 Å². The number of aryl methyl sites for hydroxylation is 1. The van der Waals surface area contributed by atoms with E-state index in [9.17, 15) is 18.7 Å². The minimum absolute atomic E-state index is 0.141. The van der Waals surface area contributed by atoms with Crippen molar-refractivity contribution in [2.75, 3.05) is 18.0 Å². The number of hydrogen-bond donors (Lipinski definition) is 1. The molecule has 0 spiro atoms. The van der Waals surface area contributed by atoms with Gasteiger partial charge in [-0.1, -0.05) is 25.0 Å². The Hall–Kier alpha value is -4.08. The second-order valence-corrected chi connectivity index (χ2v) is 11.8. The summed E-state index contributed by atoms with van der Waals surface area (Å²) in [6.45, 7) is 2.72. The predicted octanol–water partition coefficient (Wildman–Crippen LogP) is 7.10. The molecule has 2 aliphatic rings. The second kappa shape index (κ2) is 11.9. The molecule has 10 heteroatoms. The molecule has 1 N–H and O–H groups in total. The largest absolute Gasteiger partial charge is 0.487 e. The Morgan fingerprint density at radius 3 is 2.58 bits per heavy atom. The number of carboxylic acid groups (broad SMARTS) is 1. The Balaban J connectivity index is 1.33. The first-order chi connectivity index (χ1) is 20.7. The van der Waals surface area contributed by atoms with Gasteiger partial charge in [0.05, 0.1) is 29.2 Å². The maximum absolute atomic E-state index is 15.6. The number of aromatic nitrogens is 3. The molecule has 2 atom stereocenters. The zero-order valence-corrected chi connectivity index (χ0v) is 24.1. The molecule has 0 amide bonds. The predicted molar refractivity (Wildman–Crippen MR) is 157 cm³/mol. The molecule has 6 rings (SSSR count). The van der Waals surface area contributed by atoms with E-state index in [1.54, 1.807) is 23.2 Å². The molecule has 2 fully saturated rings. The number of hydrogen-bond acceptors (Lipinski definition) is 5. The lowest BCUT2D eigenvalue weighted by Crippen LogP contribution is -2.39. The van der Waals surface area contributed by atoms with Gasteiger partial charge in [0.1, 0.15) is 24.0 Å². The van der Waals surface area contributed by atoms with Crippen LogP contribution in [0.15, 0.2) is 54.7 Å². The molecule has 0 radical (unpaired) electrons. The molecule has 4 aromatic rings. The van der Waals surface area contributed by atoms with Gasteiger partial charge in [0.2, 0.25) is 0 Å². The van der Waals surface area contributed by atoms with Crippen molar-refractivity contribution in [3.63, 3.8) is 0 Å². The number of fused-ring (bicyclic) bond motifs is 1. The Kier molecular flexibility index (Phi) is 8.03. The Morgan fingerprint density at radius 1 is 1.07 bits per heavy atom. The van der Waals surface area contributed by atoms with Crippen LogP contribution in [0.25, 0.3) is 11.0 Å². The van der Waals surface area contributed by atoms with Crippen molar-refractivity contribution < 1.29 is 27.8 Å². The highest BCUT2D eigenvalue weighted by atomic mass is 19.3. The maximum Gasteiger partial charge on any atom is 0.307 e. The number of alkyl halides is 2. The smallest absolute Gasteiger partial charge is 0.307 e. The van der Waals surface area contributed by atoms with E-state index in [1.807, 2.05) is 41.8 Å². The van der Waals surface area contributed by atoms with Crippen LogP contribution in [-0.2, 0) is 17.9 Å². The second-order valence-electron chi connectivity index (χ2n) is 11.8. The molecule has 1 aliphatic carbocycles. The van der Waals surface area contributed by atoms with Crippen LogP contribution in [0.4, 0.5) is 18.9 Å². The quantitative estimate of drug-likeness (QED) is 0.235. The van der Waals surface area contributed by atoms with Crippen LogP contribution in [0, 0.1) is 18.7 Å². The van der Waals surface area contributed by atoms with Gasteiger partial charge in [0, 0.05) is 55.4 Å². The summed E-state index contributed by atoms with van der Waals surface area (Å²) in [5.74, 6) is -3.63. The zero-order chi connectivity index (χ0) is 30.1. The molecule has 0 bridgehead atoms. The average Bonchev–Trinajstić information content (AvgIpc) is 3.35. The number of piperidine rings is 1. The van der Waals surface area contributed by atoms with Crippen LogP contribution in [0.5, 0.6) is 5.75 Å². The molecule has 7 nitrogen and oxygen atoms in total. The zero-order valence-electron chi connectivity index (χ0n) is 24.1. The SMILES string of the molecule is Cc1ccc(COc2ccc3nc([C@H]4CCCCC4C(=O)O)n(Cc4ccc(N5CCC(F)(F)CC5)cc4F)c3c2)nc1. The van der Waals surface area contributed by atoms with Crippen LogP contribution in [0.1, 0.15) is 67.1 Å². The molecule has 2 aromatic carbocycles. The van der Waals surface area contributed by atoms with Crippen molar-refractivity contribution in [2.24, 2.45) is 5.92 Å². The fourth-order valence-electron chi connectivity index (χ4n) is 6.26. The van der Waals surface area contributed by atoms with Crippen molar-refractivity contribution >= 4 is 22.7 Å². The van der Waals surface area contributed by atoms with Crippen LogP contribution < -0.4 is 9.64 Å². The van der Waals surface area contributed by atoms with E-state index in [-0.39, 0.29) is 45.0 Å². The monoisotopic (exact) mass is 592 g/mol. The van der Waals surface area contributed by atoms with Crippen LogP contribution in [0.3, 0.4) is 0 Å². The third kappa shape index (κ3) is 6.33. The van der Waals surface area contributed by atoms with Crippen molar-refractivity contribution in [1.82, 2.24) is 14.5 Å². The molecular formula is C33H35F3N4O3. The summed E-state index contributed by atoms with van der Waals surface area (Å²) in [5, 5.41) is 10.0. The number of imidazole rings is 1. The first-order valence-corrected chi connectivity index (χ1v) is 14.9. The summed E-state index contributed by atoms with van der Waals surface area (Å²) in [6.07, 6.45) is 4.27. The molecule has 3 heterocycles. The van der Waals surface area contributed by atoms with E-state index >= 15 is 4.39 Å². The summed E-state index contributed by atoms with van der Waals surface area (Å²) in [7, 11) is 0. The minimum Gasteiger partial charge on any atom is -0.487 e. The third-order valence-corrected chi connectivity index (χ3v) is 8.75. The molecule has 43 heavy (non-hydrogen) atoms. The summed E-state index contributed by atoms with van der Waals surface area (Å²) in [6, 6.07) is 14.3. The van der Waals surface area contributed by atoms with Crippen molar-refractivity contribution in [2.45, 2.75) is 70.4 Å². The lowest BCUT2D eigenvalue weighted by atomic mass is 9.78. The first-order valence-electron chi connectivity index (χ1n) is 14.9. The number of anilines is 1. The van der Waals surface area contributed by atoms with E-state index < -0.39 is 23.6 Å². The Labute approximate surface area is 248 Å². The number of carbonyl (C=O) groups is 1. The van der Waals surface area contributed by atoms with E-state index in [1.165, 1.54) is 6.07 Å². The van der Waals surface area contributed by atoms with E-state index in [4.69, 9.17) is 9.72 Å². The number of nitrogens with zero attached hydrogens (tertiary/aromatic N) is 4. The first kappa shape index (κ1) is 29.0. The van der Waals surface area contributed by atoms with Crippen molar-refractivity contribution in [3.05, 3.63) is 83.2 Å². The van der Waals surface area contributed by atoms with E-state index in [0.29, 0.717) is 41.2 Å². The van der Waals surface area contributed by atoms with Gasteiger partial charge in [-0.3, -0.25) is 9.78 Å². The van der Waals surface area contributed by atoms with Crippen LogP contribution >= 0.6 is 0 Å². The Bertz CT molecular complexity index is 1610. The topological polar surface area (TPSA) is 80.5 Å². The average molecular weight is 593 g/mol. The summed E-state index contributed by atoms with van der Waals surface area (Å²) in [5.41, 5.74) is 4.22. The summed E-state index contributed by atoms with van der Waals surface area (Å²) in [4.78, 5) is 23.3. The lowest BCUT2D eigenvalue weighted by Gasteiger charge is -2.33. The van der Waals surface area contributed by atoms with Gasteiger partial charge in [0.15, 0.2) is 0 Å². The molecule has 2 aromatic heterocycles. The molecule has 1 saturated heterocycles. The molecule has 1 saturated carbocycles. The number of aliphatic carboxylic acids is 1. The fraction of sp³-hybridized carbons (Fsp3) is 0.424. The number of ether oxygens (including phenoxy) is 1. The van der Waals surface area contributed by atoms with Gasteiger partial charge in [-0.25, -0.2) is 18.2 Å². The molecular weight excluding hydrogens is 557 g/mol. The van der Waals surface area contributed by atoms with Gasteiger partial charge >= 0.3 is 5.97 Å². The number of pyridine rings is 1.